The molecule has 0 N–H and O–H groups in total. The van der Waals surface area contributed by atoms with Crippen molar-refractivity contribution in [3.63, 3.8) is 0 Å². The van der Waals surface area contributed by atoms with E-state index in [0.717, 1.165) is 28.8 Å². The summed E-state index contributed by atoms with van der Waals surface area (Å²) in [5.74, 6) is 0. The van der Waals surface area contributed by atoms with Crippen molar-refractivity contribution in [1.29, 1.82) is 0 Å². The van der Waals surface area contributed by atoms with Gasteiger partial charge in [0.2, 0.25) is 0 Å². The molecule has 0 saturated heterocycles. The highest BCUT2D eigenvalue weighted by Gasteiger charge is 2.09. The van der Waals surface area contributed by atoms with Gasteiger partial charge in [-0.25, -0.2) is 0 Å². The molecule has 0 fully saturated rings. The number of hydrogen-bond donors (Lipinski definition) is 0. The van der Waals surface area contributed by atoms with Gasteiger partial charge >= 0.3 is 0 Å². The lowest BCUT2D eigenvalue weighted by atomic mass is 10.2. The van der Waals surface area contributed by atoms with Gasteiger partial charge in [-0.05, 0) is 48.4 Å². The summed E-state index contributed by atoms with van der Waals surface area (Å²) in [5, 5.41) is 9.09. The number of halogens is 1. The standard InChI is InChI=1S/C13H19IN4/c1-4-12(5-2)18-7-6-11(15-18)9-17-8-10(3)13(14)16-17/h6-8,12H,4-5,9H2,1-3H3. The van der Waals surface area contributed by atoms with Gasteiger partial charge < -0.3 is 0 Å². The van der Waals surface area contributed by atoms with E-state index in [1.807, 2.05) is 4.68 Å². The topological polar surface area (TPSA) is 35.6 Å². The van der Waals surface area contributed by atoms with Gasteiger partial charge in [0, 0.05) is 18.0 Å². The van der Waals surface area contributed by atoms with Gasteiger partial charge in [0.15, 0.2) is 0 Å². The number of rotatable bonds is 5. The number of aromatic nitrogens is 4. The Labute approximate surface area is 122 Å². The third kappa shape index (κ3) is 2.93. The molecule has 0 aliphatic carbocycles. The largest absolute Gasteiger partial charge is 0.269 e. The summed E-state index contributed by atoms with van der Waals surface area (Å²) in [6.07, 6.45) is 6.39. The van der Waals surface area contributed by atoms with Gasteiger partial charge in [-0.3, -0.25) is 9.36 Å². The van der Waals surface area contributed by atoms with E-state index in [1.165, 1.54) is 5.56 Å². The van der Waals surface area contributed by atoms with E-state index in [1.54, 1.807) is 0 Å². The molecule has 98 valence electrons. The number of nitrogens with zero attached hydrogens (tertiary/aromatic N) is 4. The smallest absolute Gasteiger partial charge is 0.126 e. The third-order valence-corrected chi connectivity index (χ3v) is 4.26. The molecule has 0 spiro atoms. The van der Waals surface area contributed by atoms with Crippen molar-refractivity contribution in [3.8, 4) is 0 Å². The lowest BCUT2D eigenvalue weighted by Gasteiger charge is -2.12. The fourth-order valence-electron chi connectivity index (χ4n) is 2.07. The minimum absolute atomic E-state index is 0.512. The van der Waals surface area contributed by atoms with E-state index >= 15 is 0 Å². The van der Waals surface area contributed by atoms with Gasteiger partial charge in [0.25, 0.3) is 0 Å². The molecule has 0 unspecified atom stereocenters. The van der Waals surface area contributed by atoms with E-state index in [4.69, 9.17) is 0 Å². The molecule has 2 aromatic heterocycles. The van der Waals surface area contributed by atoms with Gasteiger partial charge in [0.05, 0.1) is 18.3 Å². The van der Waals surface area contributed by atoms with Crippen LogP contribution in [0.2, 0.25) is 0 Å². The molecule has 0 amide bonds. The molecule has 2 aromatic rings. The highest BCUT2D eigenvalue weighted by Crippen LogP contribution is 2.15. The maximum Gasteiger partial charge on any atom is 0.126 e. The maximum atomic E-state index is 4.64. The molecule has 0 aromatic carbocycles. The molecule has 2 rings (SSSR count). The first kappa shape index (κ1) is 13.6. The monoisotopic (exact) mass is 358 g/mol. The zero-order valence-corrected chi connectivity index (χ0v) is 13.3. The van der Waals surface area contributed by atoms with Gasteiger partial charge in [-0.15, -0.1) is 0 Å². The Morgan fingerprint density at radius 3 is 2.56 bits per heavy atom. The number of hydrogen-bond acceptors (Lipinski definition) is 2. The van der Waals surface area contributed by atoms with Crippen LogP contribution in [0.4, 0.5) is 0 Å². The van der Waals surface area contributed by atoms with Crippen LogP contribution in [-0.4, -0.2) is 19.6 Å². The SMILES string of the molecule is CCC(CC)n1ccc(Cn2cc(C)c(I)n2)n1. The van der Waals surface area contributed by atoms with E-state index in [0.29, 0.717) is 6.04 Å². The van der Waals surface area contributed by atoms with Crippen LogP contribution in [-0.2, 0) is 6.54 Å². The van der Waals surface area contributed by atoms with Crippen LogP contribution in [0, 0.1) is 10.6 Å². The molecule has 4 nitrogen and oxygen atoms in total. The highest BCUT2D eigenvalue weighted by molar-refractivity contribution is 14.1. The van der Waals surface area contributed by atoms with Crippen molar-refractivity contribution < 1.29 is 0 Å². The molecule has 0 radical (unpaired) electrons. The summed E-state index contributed by atoms with van der Waals surface area (Å²) in [5.41, 5.74) is 2.29. The fraction of sp³-hybridized carbons (Fsp3) is 0.538. The zero-order chi connectivity index (χ0) is 13.1. The highest BCUT2D eigenvalue weighted by atomic mass is 127. The van der Waals surface area contributed by atoms with Crippen LogP contribution >= 0.6 is 22.6 Å². The normalized spacial score (nSPS) is 11.4. The first-order valence-corrected chi connectivity index (χ1v) is 7.45. The fourth-order valence-corrected chi connectivity index (χ4v) is 2.49. The van der Waals surface area contributed by atoms with E-state index in [2.05, 4.69) is 76.7 Å². The first-order chi connectivity index (χ1) is 8.63. The Balaban J connectivity index is 2.11. The van der Waals surface area contributed by atoms with Crippen LogP contribution < -0.4 is 0 Å². The summed E-state index contributed by atoms with van der Waals surface area (Å²) in [6, 6.07) is 2.60. The van der Waals surface area contributed by atoms with Crippen LogP contribution in [0.25, 0.3) is 0 Å². The van der Waals surface area contributed by atoms with Crippen molar-refractivity contribution in [2.24, 2.45) is 0 Å². The molecule has 5 heteroatoms. The average molecular weight is 358 g/mol. The predicted molar refractivity (Wildman–Crippen MR) is 80.6 cm³/mol. The second-order valence-corrected chi connectivity index (χ2v) is 5.58. The Kier molecular flexibility index (Phi) is 4.42. The molecule has 0 atom stereocenters. The molecular weight excluding hydrogens is 339 g/mol. The quantitative estimate of drug-likeness (QED) is 0.768. The summed E-state index contributed by atoms with van der Waals surface area (Å²) < 4.78 is 5.10. The van der Waals surface area contributed by atoms with Crippen LogP contribution in [0.15, 0.2) is 18.5 Å². The molecule has 0 saturated carbocycles. The summed E-state index contributed by atoms with van der Waals surface area (Å²) in [7, 11) is 0. The average Bonchev–Trinajstić information content (AvgIpc) is 2.90. The molecule has 0 aliphatic rings. The molecule has 18 heavy (non-hydrogen) atoms. The molecular formula is C13H19IN4. The Morgan fingerprint density at radius 1 is 1.28 bits per heavy atom. The van der Waals surface area contributed by atoms with Crippen molar-refractivity contribution >= 4 is 22.6 Å². The van der Waals surface area contributed by atoms with Gasteiger partial charge in [-0.1, -0.05) is 13.8 Å². The zero-order valence-electron chi connectivity index (χ0n) is 11.1. The lowest BCUT2D eigenvalue weighted by molar-refractivity contribution is 0.424. The van der Waals surface area contributed by atoms with Crippen LogP contribution in [0.1, 0.15) is 44.0 Å². The van der Waals surface area contributed by atoms with Crippen LogP contribution in [0.5, 0.6) is 0 Å². The first-order valence-electron chi connectivity index (χ1n) is 6.37. The van der Waals surface area contributed by atoms with Crippen LogP contribution in [0.3, 0.4) is 0 Å². The van der Waals surface area contributed by atoms with E-state index in [-0.39, 0.29) is 0 Å². The molecule has 0 bridgehead atoms. The van der Waals surface area contributed by atoms with E-state index in [9.17, 15) is 0 Å². The Bertz CT molecular complexity index is 491. The number of aryl methyl sites for hydroxylation is 1. The minimum Gasteiger partial charge on any atom is -0.269 e. The second-order valence-electron chi connectivity index (χ2n) is 4.56. The van der Waals surface area contributed by atoms with Crippen molar-refractivity contribution in [1.82, 2.24) is 19.6 Å². The van der Waals surface area contributed by atoms with Gasteiger partial charge in [-0.2, -0.15) is 10.2 Å². The summed E-state index contributed by atoms with van der Waals surface area (Å²) >= 11 is 2.26. The second kappa shape index (κ2) is 5.86. The summed E-state index contributed by atoms with van der Waals surface area (Å²) in [4.78, 5) is 0. The van der Waals surface area contributed by atoms with Crippen molar-refractivity contribution in [2.75, 3.05) is 0 Å². The predicted octanol–water partition coefficient (Wildman–Crippen LogP) is 3.40. The van der Waals surface area contributed by atoms with Crippen molar-refractivity contribution in [3.05, 3.63) is 33.4 Å². The molecule has 2 heterocycles. The van der Waals surface area contributed by atoms with Gasteiger partial charge in [0.1, 0.15) is 3.70 Å². The summed E-state index contributed by atoms with van der Waals surface area (Å²) in [6.45, 7) is 7.23. The third-order valence-electron chi connectivity index (χ3n) is 3.19. The van der Waals surface area contributed by atoms with E-state index < -0.39 is 0 Å². The maximum absolute atomic E-state index is 4.64. The minimum atomic E-state index is 0.512. The Morgan fingerprint density at radius 2 is 2.00 bits per heavy atom. The molecule has 0 aliphatic heterocycles. The Hall–Kier alpha value is -0.850. The van der Waals surface area contributed by atoms with Crippen molar-refractivity contribution in [2.45, 2.75) is 46.2 Å². The lowest BCUT2D eigenvalue weighted by Crippen LogP contribution is -2.09.